The zero-order valence-electron chi connectivity index (χ0n) is 14.5. The van der Waals surface area contributed by atoms with Crippen LogP contribution in [0.5, 0.6) is 0 Å². The fraction of sp³-hybridized carbons (Fsp3) is 0.0476. The minimum atomic E-state index is -4.58. The number of benzene rings is 2. The lowest BCUT2D eigenvalue weighted by atomic mass is 10.1. The Labute approximate surface area is 169 Å². The van der Waals surface area contributed by atoms with E-state index in [0.29, 0.717) is 17.3 Å². The molecule has 0 aliphatic carbocycles. The van der Waals surface area contributed by atoms with Crippen molar-refractivity contribution in [2.45, 2.75) is 16.0 Å². The Balaban J connectivity index is 2.23. The lowest BCUT2D eigenvalue weighted by Crippen LogP contribution is -2.07. The molecule has 0 atom stereocenters. The monoisotopic (exact) mass is 420 g/mol. The van der Waals surface area contributed by atoms with E-state index in [1.165, 1.54) is 18.2 Å². The van der Waals surface area contributed by atoms with Crippen LogP contribution < -0.4 is 0 Å². The molecular formula is C21H15F3O2S2. The molecule has 0 fully saturated rings. The third-order valence-electron chi connectivity index (χ3n) is 3.42. The Bertz CT molecular complexity index is 930. The molecule has 144 valence electrons. The second-order valence-corrected chi connectivity index (χ2v) is 7.53. The van der Waals surface area contributed by atoms with Crippen LogP contribution in [0.3, 0.4) is 0 Å². The molecule has 0 saturated carbocycles. The maximum Gasteiger partial charge on any atom is 0.417 e. The average Bonchev–Trinajstić information content (AvgIpc) is 2.67. The first-order valence-electron chi connectivity index (χ1n) is 7.91. The Kier molecular flexibility index (Phi) is 7.48. The van der Waals surface area contributed by atoms with E-state index >= 15 is 0 Å². The van der Waals surface area contributed by atoms with Gasteiger partial charge in [-0.2, -0.15) is 13.2 Å². The number of thioether (sulfide) groups is 2. The van der Waals surface area contributed by atoms with Crippen LogP contribution in [0.25, 0.3) is 12.2 Å². The molecule has 2 aromatic carbocycles. The molecule has 7 heteroatoms. The quantitative estimate of drug-likeness (QED) is 0.304. The van der Waals surface area contributed by atoms with Gasteiger partial charge < -0.3 is 0 Å². The van der Waals surface area contributed by atoms with Crippen LogP contribution in [0, 0.1) is 0 Å². The summed E-state index contributed by atoms with van der Waals surface area (Å²) in [7, 11) is 0. The van der Waals surface area contributed by atoms with Gasteiger partial charge in [-0.05, 0) is 71.1 Å². The zero-order chi connectivity index (χ0) is 20.7. The van der Waals surface area contributed by atoms with Gasteiger partial charge in [0.05, 0.1) is 5.56 Å². The van der Waals surface area contributed by atoms with Crippen molar-refractivity contribution < 1.29 is 22.8 Å². The maximum atomic E-state index is 13.3. The molecule has 28 heavy (non-hydrogen) atoms. The summed E-state index contributed by atoms with van der Waals surface area (Å²) < 4.78 is 39.9. The summed E-state index contributed by atoms with van der Waals surface area (Å²) in [5, 5.41) is -0.724. The van der Waals surface area contributed by atoms with Crippen molar-refractivity contribution in [3.05, 3.63) is 84.5 Å². The van der Waals surface area contributed by atoms with Crippen LogP contribution in [-0.2, 0) is 15.8 Å². The van der Waals surface area contributed by atoms with Gasteiger partial charge in [0.15, 0.2) is 0 Å². The molecule has 0 aliphatic heterocycles. The second-order valence-electron chi connectivity index (χ2n) is 5.41. The fourth-order valence-electron chi connectivity index (χ4n) is 2.11. The Hall–Kier alpha value is -2.51. The molecule has 0 N–H and O–H groups in total. The third-order valence-corrected chi connectivity index (χ3v) is 5.24. The van der Waals surface area contributed by atoms with Crippen LogP contribution in [0.15, 0.2) is 77.6 Å². The van der Waals surface area contributed by atoms with Gasteiger partial charge in [-0.3, -0.25) is 9.59 Å². The summed E-state index contributed by atoms with van der Waals surface area (Å²) in [6.07, 6.45) is 0.839. The van der Waals surface area contributed by atoms with Gasteiger partial charge in [-0.25, -0.2) is 0 Å². The Morgan fingerprint density at radius 1 is 0.821 bits per heavy atom. The van der Waals surface area contributed by atoms with Gasteiger partial charge >= 0.3 is 6.18 Å². The van der Waals surface area contributed by atoms with Crippen LogP contribution in [0.1, 0.15) is 16.7 Å². The van der Waals surface area contributed by atoms with Gasteiger partial charge in [-0.15, -0.1) is 0 Å². The summed E-state index contributed by atoms with van der Waals surface area (Å²) in [5.41, 5.74) is 0.247. The molecule has 0 unspecified atom stereocenters. The van der Waals surface area contributed by atoms with Crippen LogP contribution in [0.2, 0.25) is 0 Å². The van der Waals surface area contributed by atoms with Crippen LogP contribution in [-0.4, -0.2) is 10.2 Å². The highest BCUT2D eigenvalue weighted by atomic mass is 32.2. The first kappa shape index (κ1) is 21.8. The summed E-state index contributed by atoms with van der Waals surface area (Å²) in [5.74, 6) is 0. The molecule has 2 rings (SSSR count). The number of hydrogen-bond donors (Lipinski definition) is 0. The number of hydrogen-bond acceptors (Lipinski definition) is 4. The molecule has 0 heterocycles. The number of carbonyl (C=O) groups excluding carboxylic acids is 2. The van der Waals surface area contributed by atoms with Crippen molar-refractivity contribution in [1.29, 1.82) is 0 Å². The van der Waals surface area contributed by atoms with Crippen molar-refractivity contribution in [1.82, 2.24) is 0 Å². The molecule has 0 spiro atoms. The third kappa shape index (κ3) is 6.28. The number of carbonyl (C=O) groups is 2. The summed E-state index contributed by atoms with van der Waals surface area (Å²) >= 11 is 1.53. The van der Waals surface area contributed by atoms with Gasteiger partial charge in [-0.1, -0.05) is 43.5 Å². The summed E-state index contributed by atoms with van der Waals surface area (Å²) in [6, 6.07) is 10.8. The fourth-order valence-corrected chi connectivity index (χ4v) is 3.42. The first-order valence-corrected chi connectivity index (χ1v) is 9.54. The Morgan fingerprint density at radius 2 is 1.36 bits per heavy atom. The van der Waals surface area contributed by atoms with Gasteiger partial charge in [0.25, 0.3) is 0 Å². The largest absolute Gasteiger partial charge is 0.417 e. The van der Waals surface area contributed by atoms with Crippen molar-refractivity contribution in [2.75, 3.05) is 0 Å². The van der Waals surface area contributed by atoms with Crippen molar-refractivity contribution in [2.24, 2.45) is 0 Å². The standard InChI is InChI=1S/C21H15F3O2S2/c1-3-19(25)27-16-10-7-14(8-11-16)5-6-15-9-12-18(28-20(26)4-2)17(13-15)21(22,23)24/h3-13H,1-2H2/b6-5+. The van der Waals surface area contributed by atoms with E-state index in [2.05, 4.69) is 13.2 Å². The predicted octanol–water partition coefficient (Wildman–Crippen LogP) is 6.49. The summed E-state index contributed by atoms with van der Waals surface area (Å²) in [6.45, 7) is 6.67. The molecule has 0 amide bonds. The minimum Gasteiger partial charge on any atom is -0.282 e. The van der Waals surface area contributed by atoms with E-state index in [1.54, 1.807) is 36.4 Å². The van der Waals surface area contributed by atoms with E-state index < -0.39 is 16.9 Å². The maximum absolute atomic E-state index is 13.3. The lowest BCUT2D eigenvalue weighted by molar-refractivity contribution is -0.139. The lowest BCUT2D eigenvalue weighted by Gasteiger charge is -2.12. The number of rotatable bonds is 6. The van der Waals surface area contributed by atoms with Gasteiger partial charge in [0.1, 0.15) is 0 Å². The van der Waals surface area contributed by atoms with Crippen LogP contribution in [0.4, 0.5) is 13.2 Å². The molecule has 0 aromatic heterocycles. The van der Waals surface area contributed by atoms with Crippen molar-refractivity contribution in [3.63, 3.8) is 0 Å². The van der Waals surface area contributed by atoms with Crippen molar-refractivity contribution in [3.8, 4) is 0 Å². The first-order chi connectivity index (χ1) is 13.2. The van der Waals surface area contributed by atoms with Gasteiger partial charge in [0.2, 0.25) is 10.2 Å². The highest BCUT2D eigenvalue weighted by molar-refractivity contribution is 8.14. The molecular weight excluding hydrogens is 405 g/mol. The second kappa shape index (κ2) is 9.61. The van der Waals surface area contributed by atoms with E-state index in [0.717, 1.165) is 34.4 Å². The van der Waals surface area contributed by atoms with E-state index in [9.17, 15) is 22.8 Å². The highest BCUT2D eigenvalue weighted by Crippen LogP contribution is 2.38. The minimum absolute atomic E-state index is 0.164. The number of alkyl halides is 3. The molecule has 2 nitrogen and oxygen atoms in total. The topological polar surface area (TPSA) is 34.1 Å². The summed E-state index contributed by atoms with van der Waals surface area (Å²) in [4.78, 5) is 23.3. The molecule has 0 radical (unpaired) electrons. The predicted molar refractivity (Wildman–Crippen MR) is 109 cm³/mol. The average molecular weight is 420 g/mol. The number of halogens is 3. The molecule has 0 saturated heterocycles. The molecule has 2 aromatic rings. The SMILES string of the molecule is C=CC(=O)Sc1ccc(/C=C/c2ccc(SC(=O)C=C)c(C(F)(F)F)c2)cc1. The Morgan fingerprint density at radius 3 is 1.93 bits per heavy atom. The molecule has 0 bridgehead atoms. The smallest absolute Gasteiger partial charge is 0.282 e. The van der Waals surface area contributed by atoms with E-state index in [1.807, 2.05) is 0 Å². The highest BCUT2D eigenvalue weighted by Gasteiger charge is 2.34. The van der Waals surface area contributed by atoms with E-state index in [-0.39, 0.29) is 10.0 Å². The van der Waals surface area contributed by atoms with Gasteiger partial charge in [0, 0.05) is 9.79 Å². The normalized spacial score (nSPS) is 11.4. The van der Waals surface area contributed by atoms with Crippen molar-refractivity contribution >= 4 is 45.9 Å². The molecule has 0 aliphatic rings. The zero-order valence-corrected chi connectivity index (χ0v) is 16.2. The van der Waals surface area contributed by atoms with E-state index in [4.69, 9.17) is 0 Å². The van der Waals surface area contributed by atoms with Crippen LogP contribution >= 0.6 is 23.5 Å².